The van der Waals surface area contributed by atoms with E-state index in [9.17, 15) is 8.42 Å². The third kappa shape index (κ3) is 1.58. The van der Waals surface area contributed by atoms with Crippen LogP contribution in [0.1, 0.15) is 5.56 Å². The highest BCUT2D eigenvalue weighted by atomic mass is 32.2. The van der Waals surface area contributed by atoms with E-state index in [-0.39, 0.29) is 4.90 Å². The van der Waals surface area contributed by atoms with Crippen LogP contribution in [-0.2, 0) is 10.0 Å². The second-order valence-electron chi connectivity index (χ2n) is 3.07. The largest absolute Gasteiger partial charge is 0.360 e. The molecule has 0 saturated carbocycles. The normalized spacial score (nSPS) is 11.5. The minimum atomic E-state index is -3.72. The van der Waals surface area contributed by atoms with Crippen LogP contribution < -0.4 is 5.14 Å². The van der Waals surface area contributed by atoms with Crippen LogP contribution in [0.2, 0.25) is 0 Å². The Bertz CT molecular complexity index is 664. The summed E-state index contributed by atoms with van der Waals surface area (Å²) in [4.78, 5) is 2.80. The molecule has 0 fully saturated rings. The fourth-order valence-electron chi connectivity index (χ4n) is 1.40. The van der Waals surface area contributed by atoms with E-state index in [1.54, 1.807) is 18.2 Å². The molecule has 5 nitrogen and oxygen atoms in total. The minimum absolute atomic E-state index is 0.0435. The molecule has 0 atom stereocenters. The Hall–Kier alpha value is -1.84. The molecule has 0 radical (unpaired) electrons. The Morgan fingerprint density at radius 2 is 2.13 bits per heavy atom. The van der Waals surface area contributed by atoms with Crippen molar-refractivity contribution in [3.8, 4) is 6.07 Å². The fourth-order valence-corrected chi connectivity index (χ4v) is 2.11. The minimum Gasteiger partial charge on any atom is -0.360 e. The summed E-state index contributed by atoms with van der Waals surface area (Å²) in [5.41, 5.74) is 1.04. The second-order valence-corrected chi connectivity index (χ2v) is 4.60. The lowest BCUT2D eigenvalue weighted by molar-refractivity contribution is 0.598. The van der Waals surface area contributed by atoms with Gasteiger partial charge in [0.1, 0.15) is 4.90 Å². The number of benzene rings is 1. The maximum Gasteiger partial charge on any atom is 0.240 e. The van der Waals surface area contributed by atoms with Crippen LogP contribution in [-0.4, -0.2) is 13.4 Å². The summed E-state index contributed by atoms with van der Waals surface area (Å²) >= 11 is 0. The van der Waals surface area contributed by atoms with Gasteiger partial charge in [-0.1, -0.05) is 6.07 Å². The molecule has 2 rings (SSSR count). The van der Waals surface area contributed by atoms with Gasteiger partial charge in [0.05, 0.1) is 11.6 Å². The van der Waals surface area contributed by atoms with E-state index in [2.05, 4.69) is 4.98 Å². The van der Waals surface area contributed by atoms with Gasteiger partial charge >= 0.3 is 0 Å². The molecule has 6 heteroatoms. The van der Waals surface area contributed by atoms with Gasteiger partial charge in [-0.05, 0) is 12.1 Å². The van der Waals surface area contributed by atoms with E-state index >= 15 is 0 Å². The van der Waals surface area contributed by atoms with E-state index < -0.39 is 10.0 Å². The monoisotopic (exact) mass is 221 g/mol. The van der Waals surface area contributed by atoms with Gasteiger partial charge in [0.25, 0.3) is 0 Å². The van der Waals surface area contributed by atoms with Crippen molar-refractivity contribution in [3.05, 3.63) is 30.0 Å². The zero-order chi connectivity index (χ0) is 11.1. The molecule has 0 spiro atoms. The predicted octanol–water partition coefficient (Wildman–Crippen LogP) is 0.687. The number of sulfonamides is 1. The molecule has 0 bridgehead atoms. The molecule has 0 aliphatic rings. The number of nitrogens with two attached hydrogens (primary N) is 1. The van der Waals surface area contributed by atoms with E-state index in [0.717, 1.165) is 0 Å². The van der Waals surface area contributed by atoms with E-state index in [1.807, 2.05) is 6.07 Å². The number of aromatic amines is 1. The highest BCUT2D eigenvalue weighted by Gasteiger charge is 2.13. The summed E-state index contributed by atoms with van der Waals surface area (Å²) in [5.74, 6) is 0. The van der Waals surface area contributed by atoms with Crippen molar-refractivity contribution in [3.63, 3.8) is 0 Å². The van der Waals surface area contributed by atoms with Gasteiger partial charge in [-0.3, -0.25) is 0 Å². The number of aromatic nitrogens is 1. The standard InChI is InChI=1S/C9H7N3O2S/c10-4-6-1-2-7-8(3-6)12-5-9(7)15(11,13)14/h1-3,5,12H,(H2,11,13,14). The number of rotatable bonds is 1. The molecule has 1 heterocycles. The van der Waals surface area contributed by atoms with Gasteiger partial charge in [0, 0.05) is 17.1 Å². The first-order valence-corrected chi connectivity index (χ1v) is 5.61. The maximum atomic E-state index is 11.2. The first kappa shape index (κ1) is 9.71. The highest BCUT2D eigenvalue weighted by Crippen LogP contribution is 2.22. The summed E-state index contributed by atoms with van der Waals surface area (Å²) in [6.07, 6.45) is 1.32. The molecular formula is C9H7N3O2S. The molecule has 0 amide bonds. The Kier molecular flexibility index (Phi) is 2.00. The Balaban J connectivity index is 2.80. The van der Waals surface area contributed by atoms with Crippen LogP contribution in [0.4, 0.5) is 0 Å². The quantitative estimate of drug-likeness (QED) is 0.740. The Morgan fingerprint density at radius 3 is 2.73 bits per heavy atom. The molecule has 1 aromatic carbocycles. The van der Waals surface area contributed by atoms with Crippen LogP contribution >= 0.6 is 0 Å². The SMILES string of the molecule is N#Cc1ccc2c(S(N)(=O)=O)c[nH]c2c1. The second kappa shape index (κ2) is 3.08. The fraction of sp³-hybridized carbons (Fsp3) is 0. The van der Waals surface area contributed by atoms with Crippen molar-refractivity contribution in [2.45, 2.75) is 4.90 Å². The predicted molar refractivity (Wildman–Crippen MR) is 54.4 cm³/mol. The number of hydrogen-bond donors (Lipinski definition) is 2. The molecule has 15 heavy (non-hydrogen) atoms. The third-order valence-corrected chi connectivity index (χ3v) is 3.03. The Labute approximate surface area is 86.2 Å². The average molecular weight is 221 g/mol. The van der Waals surface area contributed by atoms with Crippen molar-refractivity contribution in [2.75, 3.05) is 0 Å². The van der Waals surface area contributed by atoms with Gasteiger partial charge < -0.3 is 4.98 Å². The number of nitrogens with one attached hydrogen (secondary N) is 1. The number of H-pyrrole nitrogens is 1. The molecule has 76 valence electrons. The summed E-state index contributed by atoms with van der Waals surface area (Å²) in [6.45, 7) is 0. The van der Waals surface area contributed by atoms with Gasteiger partial charge in [-0.25, -0.2) is 13.6 Å². The van der Waals surface area contributed by atoms with Gasteiger partial charge in [0.2, 0.25) is 10.0 Å². The van der Waals surface area contributed by atoms with Crippen molar-refractivity contribution >= 4 is 20.9 Å². The van der Waals surface area contributed by atoms with Crippen molar-refractivity contribution in [1.29, 1.82) is 5.26 Å². The lowest BCUT2D eigenvalue weighted by atomic mass is 10.2. The Morgan fingerprint density at radius 1 is 1.40 bits per heavy atom. The summed E-state index contributed by atoms with van der Waals surface area (Å²) in [7, 11) is -3.72. The van der Waals surface area contributed by atoms with Crippen LogP contribution in [0.25, 0.3) is 10.9 Å². The molecule has 2 aromatic rings. The topological polar surface area (TPSA) is 99.7 Å². The molecule has 0 unspecified atom stereocenters. The number of primary sulfonamides is 1. The summed E-state index contributed by atoms with van der Waals surface area (Å²) in [5, 5.41) is 14.2. The molecule has 0 saturated heterocycles. The van der Waals surface area contributed by atoms with Gasteiger partial charge in [-0.2, -0.15) is 5.26 Å². The molecule has 1 aromatic heterocycles. The van der Waals surface area contributed by atoms with Crippen molar-refractivity contribution < 1.29 is 8.42 Å². The maximum absolute atomic E-state index is 11.2. The summed E-state index contributed by atoms with van der Waals surface area (Å²) in [6, 6.07) is 6.65. The number of nitriles is 1. The van der Waals surface area contributed by atoms with E-state index in [1.165, 1.54) is 6.20 Å². The van der Waals surface area contributed by atoms with E-state index in [4.69, 9.17) is 10.4 Å². The summed E-state index contributed by atoms with van der Waals surface area (Å²) < 4.78 is 22.3. The lowest BCUT2D eigenvalue weighted by Gasteiger charge is -1.95. The van der Waals surface area contributed by atoms with Crippen molar-refractivity contribution in [1.82, 2.24) is 4.98 Å². The average Bonchev–Trinajstić information content (AvgIpc) is 2.59. The smallest absolute Gasteiger partial charge is 0.240 e. The zero-order valence-electron chi connectivity index (χ0n) is 7.56. The lowest BCUT2D eigenvalue weighted by Crippen LogP contribution is -2.11. The molecule has 0 aliphatic carbocycles. The zero-order valence-corrected chi connectivity index (χ0v) is 8.38. The molecule has 0 aliphatic heterocycles. The van der Waals surface area contributed by atoms with E-state index in [0.29, 0.717) is 16.5 Å². The van der Waals surface area contributed by atoms with Crippen LogP contribution in [0, 0.1) is 11.3 Å². The number of fused-ring (bicyclic) bond motifs is 1. The highest BCUT2D eigenvalue weighted by molar-refractivity contribution is 7.89. The van der Waals surface area contributed by atoms with Crippen LogP contribution in [0.5, 0.6) is 0 Å². The molecule has 3 N–H and O–H groups in total. The van der Waals surface area contributed by atoms with Gasteiger partial charge in [-0.15, -0.1) is 0 Å². The molecular weight excluding hydrogens is 214 g/mol. The van der Waals surface area contributed by atoms with Crippen molar-refractivity contribution in [2.24, 2.45) is 5.14 Å². The first-order valence-electron chi connectivity index (χ1n) is 4.06. The third-order valence-electron chi connectivity index (χ3n) is 2.08. The van der Waals surface area contributed by atoms with Gasteiger partial charge in [0.15, 0.2) is 0 Å². The van der Waals surface area contributed by atoms with Crippen LogP contribution in [0.15, 0.2) is 29.3 Å². The number of hydrogen-bond acceptors (Lipinski definition) is 3. The van der Waals surface area contributed by atoms with Crippen LogP contribution in [0.3, 0.4) is 0 Å². The first-order chi connectivity index (χ1) is 7.02. The number of nitrogens with zero attached hydrogens (tertiary/aromatic N) is 1.